The van der Waals surface area contributed by atoms with Crippen molar-refractivity contribution in [1.82, 2.24) is 4.90 Å². The first kappa shape index (κ1) is 28.2. The van der Waals surface area contributed by atoms with Gasteiger partial charge in [-0.2, -0.15) is 0 Å². The topological polar surface area (TPSA) is 127 Å². The monoisotopic (exact) mass is 573 g/mol. The number of fused-ring (bicyclic) bond motifs is 2. The maximum absolute atomic E-state index is 13.5. The van der Waals surface area contributed by atoms with Crippen LogP contribution in [0.4, 0.5) is 0 Å². The molecule has 10 heteroatoms. The Morgan fingerprint density at radius 1 is 1.02 bits per heavy atom. The zero-order valence-electron chi connectivity index (χ0n) is 24.4. The van der Waals surface area contributed by atoms with Gasteiger partial charge in [0.15, 0.2) is 0 Å². The van der Waals surface area contributed by atoms with Gasteiger partial charge in [-0.25, -0.2) is 4.79 Å². The second-order valence-electron chi connectivity index (χ2n) is 13.6. The van der Waals surface area contributed by atoms with Gasteiger partial charge >= 0.3 is 5.97 Å². The van der Waals surface area contributed by atoms with Crippen LogP contribution in [0.15, 0.2) is 30.3 Å². The lowest BCUT2D eigenvalue weighted by molar-refractivity contribution is -0.313. The molecule has 3 unspecified atom stereocenters. The fourth-order valence-electron chi connectivity index (χ4n) is 11.8. The third-order valence-corrected chi connectivity index (χ3v) is 12.5. The molecule has 0 amide bonds. The van der Waals surface area contributed by atoms with Gasteiger partial charge in [-0.3, -0.25) is 0 Å². The van der Waals surface area contributed by atoms with Gasteiger partial charge in [0.05, 0.1) is 24.4 Å². The molecule has 7 rings (SSSR count). The van der Waals surface area contributed by atoms with E-state index in [1.165, 1.54) is 7.11 Å². The minimum absolute atomic E-state index is 0.0644. The molecule has 1 aliphatic heterocycles. The number of benzene rings is 1. The largest absolute Gasteiger partial charge is 0.455 e. The Kier molecular flexibility index (Phi) is 6.31. The predicted octanol–water partition coefficient (Wildman–Crippen LogP) is 0.716. The van der Waals surface area contributed by atoms with E-state index in [0.717, 1.165) is 19.4 Å². The molecule has 41 heavy (non-hydrogen) atoms. The number of hydrogen-bond donors (Lipinski definition) is 3. The van der Waals surface area contributed by atoms with Crippen molar-refractivity contribution < 1.29 is 43.8 Å². The van der Waals surface area contributed by atoms with E-state index in [0.29, 0.717) is 12.2 Å². The molecular formula is C31H43NO9. The standard InChI is InChI=1S/C31H43NO9/c1-32-14-28(15-37-2)12-11-18(38-3)30-17-13-29(35)25(41-27(34)16-9-7-6-8-10-16)19(17)31(36,24(33)26(29)40-5)20(23(30)32)21(39-4)22(28)30/h6-10,17-26,33,35-36H,11-15H2,1-5H3/t17-,18-,19+,20?,21-,22+,23?,24-,25+,26-,28-,29-,30?,31+/m0/s1. The number of piperidine rings is 1. The smallest absolute Gasteiger partial charge is 0.338 e. The van der Waals surface area contributed by atoms with Crippen molar-refractivity contribution in [3.05, 3.63) is 35.9 Å². The van der Waals surface area contributed by atoms with Crippen molar-refractivity contribution in [3.63, 3.8) is 0 Å². The van der Waals surface area contributed by atoms with Crippen LogP contribution in [0.2, 0.25) is 0 Å². The Balaban J connectivity index is 1.46. The average molecular weight is 574 g/mol. The van der Waals surface area contributed by atoms with E-state index in [4.69, 9.17) is 23.7 Å². The SMILES string of the molecule is COC[C@@]12CC[C@H](OC)C34C(C([C@H](OC)[C@@H]31)[C@]1(O)[C@H]3[C@@H](OC(=O)c5ccccc5)[C@@](O)(C[C@@H]34)[C@@H](OC)[C@@H]1O)N(C)C2. The summed E-state index contributed by atoms with van der Waals surface area (Å²) >= 11 is 0. The molecule has 6 fully saturated rings. The molecule has 3 N–H and O–H groups in total. The van der Waals surface area contributed by atoms with Crippen LogP contribution in [-0.2, 0) is 23.7 Å². The molecule has 6 aliphatic rings. The predicted molar refractivity (Wildman–Crippen MR) is 145 cm³/mol. The van der Waals surface area contributed by atoms with Gasteiger partial charge in [0, 0.05) is 69.6 Å². The summed E-state index contributed by atoms with van der Waals surface area (Å²) in [4.78, 5) is 15.8. The molecule has 1 heterocycles. The van der Waals surface area contributed by atoms with Crippen LogP contribution in [-0.4, -0.2) is 123 Å². The number of hydrogen-bond acceptors (Lipinski definition) is 10. The molecule has 7 bridgehead atoms. The highest BCUT2D eigenvalue weighted by Gasteiger charge is 2.90. The zero-order chi connectivity index (χ0) is 29.1. The van der Waals surface area contributed by atoms with Gasteiger partial charge in [0.25, 0.3) is 0 Å². The minimum Gasteiger partial charge on any atom is -0.455 e. The van der Waals surface area contributed by atoms with Gasteiger partial charge in [0.1, 0.15) is 29.5 Å². The summed E-state index contributed by atoms with van der Waals surface area (Å²) < 4.78 is 30.6. The highest BCUT2D eigenvalue weighted by Crippen LogP contribution is 2.80. The number of aliphatic hydroxyl groups excluding tert-OH is 1. The summed E-state index contributed by atoms with van der Waals surface area (Å²) in [7, 11) is 8.65. The van der Waals surface area contributed by atoms with Crippen LogP contribution in [0.1, 0.15) is 29.6 Å². The van der Waals surface area contributed by atoms with E-state index in [2.05, 4.69) is 11.9 Å². The van der Waals surface area contributed by atoms with E-state index in [-0.39, 0.29) is 35.8 Å². The maximum atomic E-state index is 13.5. The second-order valence-corrected chi connectivity index (χ2v) is 13.6. The molecule has 1 aromatic rings. The number of methoxy groups -OCH3 is 4. The quantitative estimate of drug-likeness (QED) is 0.402. The summed E-state index contributed by atoms with van der Waals surface area (Å²) in [6.45, 7) is 1.29. The lowest BCUT2D eigenvalue weighted by Gasteiger charge is -2.69. The molecule has 1 aromatic carbocycles. The fourth-order valence-corrected chi connectivity index (χ4v) is 11.8. The fraction of sp³-hybridized carbons (Fsp3) is 0.774. The van der Waals surface area contributed by atoms with Gasteiger partial charge < -0.3 is 43.9 Å². The number of likely N-dealkylation sites (tertiary alicyclic amines) is 1. The van der Waals surface area contributed by atoms with Crippen LogP contribution in [0.25, 0.3) is 0 Å². The number of carbonyl (C=O) groups excluding carboxylic acids is 1. The summed E-state index contributed by atoms with van der Waals surface area (Å²) in [5.41, 5.74) is -3.95. The first-order chi connectivity index (χ1) is 19.6. The van der Waals surface area contributed by atoms with E-state index in [9.17, 15) is 20.1 Å². The van der Waals surface area contributed by atoms with Crippen molar-refractivity contribution in [2.45, 2.75) is 67.0 Å². The van der Waals surface area contributed by atoms with Gasteiger partial charge in [0.2, 0.25) is 0 Å². The Morgan fingerprint density at radius 3 is 2.39 bits per heavy atom. The Bertz CT molecular complexity index is 1200. The summed E-state index contributed by atoms with van der Waals surface area (Å²) in [5.74, 6) is -2.30. The third-order valence-electron chi connectivity index (χ3n) is 12.5. The maximum Gasteiger partial charge on any atom is 0.338 e. The number of nitrogens with zero attached hydrogens (tertiary/aromatic N) is 1. The van der Waals surface area contributed by atoms with Gasteiger partial charge in [-0.15, -0.1) is 0 Å². The Hall–Kier alpha value is -1.63. The van der Waals surface area contributed by atoms with E-state index in [1.807, 2.05) is 6.07 Å². The first-order valence-electron chi connectivity index (χ1n) is 14.8. The van der Waals surface area contributed by atoms with Gasteiger partial charge in [-0.05, 0) is 44.4 Å². The summed E-state index contributed by atoms with van der Waals surface area (Å²) in [5, 5.41) is 37.6. The van der Waals surface area contributed by atoms with E-state index >= 15 is 0 Å². The molecule has 0 radical (unpaired) electrons. The number of rotatable bonds is 7. The lowest BCUT2D eigenvalue weighted by atomic mass is 9.43. The molecule has 226 valence electrons. The lowest BCUT2D eigenvalue weighted by Crippen LogP contribution is -2.79. The number of aliphatic hydroxyl groups is 3. The van der Waals surface area contributed by atoms with Crippen LogP contribution < -0.4 is 0 Å². The zero-order valence-corrected chi connectivity index (χ0v) is 24.4. The summed E-state index contributed by atoms with van der Waals surface area (Å²) in [6.07, 6.45) is -2.45. The highest BCUT2D eigenvalue weighted by atomic mass is 16.6. The summed E-state index contributed by atoms with van der Waals surface area (Å²) in [6, 6.07) is 8.46. The molecule has 5 aliphatic carbocycles. The van der Waals surface area contributed by atoms with Crippen molar-refractivity contribution in [2.75, 3.05) is 48.6 Å². The average Bonchev–Trinajstić information content (AvgIpc) is 3.36. The number of ether oxygens (including phenoxy) is 5. The molecule has 0 aromatic heterocycles. The Morgan fingerprint density at radius 2 is 1.76 bits per heavy atom. The van der Waals surface area contributed by atoms with Crippen LogP contribution in [0.5, 0.6) is 0 Å². The van der Waals surface area contributed by atoms with Crippen LogP contribution >= 0.6 is 0 Å². The van der Waals surface area contributed by atoms with Crippen molar-refractivity contribution in [3.8, 4) is 0 Å². The molecule has 1 saturated heterocycles. The third kappa shape index (κ3) is 3.08. The van der Waals surface area contributed by atoms with Crippen molar-refractivity contribution >= 4 is 5.97 Å². The van der Waals surface area contributed by atoms with Crippen LogP contribution in [0, 0.1) is 34.5 Å². The molecule has 14 atom stereocenters. The van der Waals surface area contributed by atoms with E-state index < -0.39 is 58.8 Å². The van der Waals surface area contributed by atoms with E-state index in [1.54, 1.807) is 45.6 Å². The number of carbonyl (C=O) groups is 1. The van der Waals surface area contributed by atoms with Crippen molar-refractivity contribution in [1.29, 1.82) is 0 Å². The minimum atomic E-state index is -1.76. The first-order valence-corrected chi connectivity index (χ1v) is 14.8. The van der Waals surface area contributed by atoms with Crippen LogP contribution in [0.3, 0.4) is 0 Å². The number of esters is 1. The van der Waals surface area contributed by atoms with Gasteiger partial charge in [-0.1, -0.05) is 18.2 Å². The molecule has 10 nitrogen and oxygen atoms in total. The normalized spacial score (nSPS) is 52.9. The van der Waals surface area contributed by atoms with Crippen molar-refractivity contribution in [2.24, 2.45) is 34.5 Å². The molecule has 5 saturated carbocycles. The molecule has 1 spiro atoms. The second kappa shape index (κ2) is 9.19. The Labute approximate surface area is 240 Å². The highest BCUT2D eigenvalue weighted by molar-refractivity contribution is 5.89. The molecular weight excluding hydrogens is 530 g/mol.